The molecule has 0 aliphatic carbocycles. The first-order valence-electron chi connectivity index (χ1n) is 5.67. The smallest absolute Gasteiger partial charge is 0.234 e. The highest BCUT2D eigenvalue weighted by Gasteiger charge is 2.03. The monoisotopic (exact) mass is 242 g/mol. The molecule has 0 bridgehead atoms. The minimum atomic E-state index is -0.205. The maximum atomic E-state index is 11.0. The molecule has 92 valence electrons. The molecule has 1 aromatic heterocycles. The van der Waals surface area contributed by atoms with Crippen molar-refractivity contribution in [3.63, 3.8) is 0 Å². The number of benzene rings is 1. The van der Waals surface area contributed by atoms with E-state index in [4.69, 9.17) is 5.84 Å². The molecule has 0 spiro atoms. The largest absolute Gasteiger partial charge is 0.294 e. The number of nitrogens with two attached hydrogens (primary N) is 1. The van der Waals surface area contributed by atoms with Gasteiger partial charge >= 0.3 is 0 Å². The number of hydrazine groups is 1. The second-order valence-electron chi connectivity index (χ2n) is 3.84. The fraction of sp³-hybridized carbons (Fsp3) is 0.154. The van der Waals surface area contributed by atoms with Crippen LogP contribution in [-0.2, 0) is 11.2 Å². The van der Waals surface area contributed by atoms with Gasteiger partial charge in [0.15, 0.2) is 0 Å². The number of nitrogens with one attached hydrogen (secondary N) is 1. The Labute approximate surface area is 105 Å². The van der Waals surface area contributed by atoms with Gasteiger partial charge < -0.3 is 0 Å². The van der Waals surface area contributed by atoms with Crippen LogP contribution in [0, 0.1) is 0 Å². The molecule has 0 fully saturated rings. The highest BCUT2D eigenvalue weighted by atomic mass is 16.2. The van der Waals surface area contributed by atoms with Gasteiger partial charge in [-0.25, -0.2) is 5.84 Å². The predicted molar refractivity (Wildman–Crippen MR) is 68.1 cm³/mol. The minimum absolute atomic E-state index is 0.205. The van der Waals surface area contributed by atoms with Gasteiger partial charge in [-0.15, -0.1) is 0 Å². The van der Waals surface area contributed by atoms with Crippen LogP contribution in [0.25, 0.3) is 11.3 Å². The molecule has 0 saturated carbocycles. The third kappa shape index (κ3) is 3.11. The van der Waals surface area contributed by atoms with E-state index in [1.807, 2.05) is 42.5 Å². The second-order valence-corrected chi connectivity index (χ2v) is 3.84. The molecule has 3 N–H and O–H groups in total. The summed E-state index contributed by atoms with van der Waals surface area (Å²) in [4.78, 5) is 11.0. The van der Waals surface area contributed by atoms with Gasteiger partial charge in [0.2, 0.25) is 5.91 Å². The Balaban J connectivity index is 2.04. The summed E-state index contributed by atoms with van der Waals surface area (Å²) in [5.74, 6) is 4.80. The van der Waals surface area contributed by atoms with Crippen LogP contribution in [0.4, 0.5) is 0 Å². The average molecular weight is 242 g/mol. The van der Waals surface area contributed by atoms with Crippen LogP contribution in [0.2, 0.25) is 0 Å². The van der Waals surface area contributed by atoms with E-state index in [1.165, 1.54) is 0 Å². The van der Waals surface area contributed by atoms with Gasteiger partial charge in [-0.2, -0.15) is 10.2 Å². The summed E-state index contributed by atoms with van der Waals surface area (Å²) in [6.07, 6.45) is 0.848. The van der Waals surface area contributed by atoms with Crippen molar-refractivity contribution in [1.29, 1.82) is 0 Å². The lowest BCUT2D eigenvalue weighted by molar-refractivity contribution is -0.121. The van der Waals surface area contributed by atoms with Gasteiger partial charge in [0.1, 0.15) is 0 Å². The normalized spacial score (nSPS) is 10.1. The van der Waals surface area contributed by atoms with Crippen LogP contribution in [0.1, 0.15) is 12.1 Å². The molecular weight excluding hydrogens is 228 g/mol. The molecule has 1 heterocycles. The van der Waals surface area contributed by atoms with Gasteiger partial charge in [-0.1, -0.05) is 30.3 Å². The zero-order valence-corrected chi connectivity index (χ0v) is 9.84. The fourth-order valence-corrected chi connectivity index (χ4v) is 1.57. The Kier molecular flexibility index (Phi) is 3.98. The third-order valence-corrected chi connectivity index (χ3v) is 2.56. The number of carbonyl (C=O) groups is 1. The van der Waals surface area contributed by atoms with E-state index in [-0.39, 0.29) is 5.91 Å². The summed E-state index contributed by atoms with van der Waals surface area (Å²) in [5.41, 5.74) is 4.71. The van der Waals surface area contributed by atoms with Crippen molar-refractivity contribution in [3.8, 4) is 11.3 Å². The van der Waals surface area contributed by atoms with E-state index >= 15 is 0 Å². The molecule has 0 atom stereocenters. The Bertz CT molecular complexity index is 510. The Morgan fingerprint density at radius 2 is 1.89 bits per heavy atom. The summed E-state index contributed by atoms with van der Waals surface area (Å²) >= 11 is 0. The summed E-state index contributed by atoms with van der Waals surface area (Å²) in [6.45, 7) is 0. The summed E-state index contributed by atoms with van der Waals surface area (Å²) in [6, 6.07) is 13.6. The lowest BCUT2D eigenvalue weighted by atomic mass is 10.1. The zero-order chi connectivity index (χ0) is 12.8. The molecule has 5 nitrogen and oxygen atoms in total. The molecule has 5 heteroatoms. The number of carbonyl (C=O) groups excluding carboxylic acids is 1. The fourth-order valence-electron chi connectivity index (χ4n) is 1.57. The molecule has 0 aliphatic heterocycles. The average Bonchev–Trinajstić information content (AvgIpc) is 2.46. The second kappa shape index (κ2) is 5.88. The zero-order valence-electron chi connectivity index (χ0n) is 9.84. The quantitative estimate of drug-likeness (QED) is 0.477. The molecular formula is C13H14N4O. The number of aryl methyl sites for hydroxylation is 1. The molecule has 18 heavy (non-hydrogen) atoms. The molecule has 0 saturated heterocycles. The lowest BCUT2D eigenvalue weighted by Gasteiger charge is -2.02. The first kappa shape index (κ1) is 12.2. The first-order chi connectivity index (χ1) is 8.79. The number of amides is 1. The topological polar surface area (TPSA) is 80.9 Å². The van der Waals surface area contributed by atoms with Crippen molar-refractivity contribution in [3.05, 3.63) is 48.2 Å². The Morgan fingerprint density at radius 3 is 2.50 bits per heavy atom. The highest BCUT2D eigenvalue weighted by Crippen LogP contribution is 2.15. The van der Waals surface area contributed by atoms with E-state index in [0.717, 1.165) is 17.0 Å². The highest BCUT2D eigenvalue weighted by molar-refractivity contribution is 5.75. The Morgan fingerprint density at radius 1 is 1.11 bits per heavy atom. The van der Waals surface area contributed by atoms with Crippen molar-refractivity contribution in [1.82, 2.24) is 15.6 Å². The van der Waals surface area contributed by atoms with Crippen LogP contribution in [0.3, 0.4) is 0 Å². The van der Waals surface area contributed by atoms with E-state index in [0.29, 0.717) is 12.8 Å². The number of aromatic nitrogens is 2. The van der Waals surface area contributed by atoms with Crippen LogP contribution in [-0.4, -0.2) is 16.1 Å². The van der Waals surface area contributed by atoms with Crippen LogP contribution in [0.15, 0.2) is 42.5 Å². The number of hydrogen-bond donors (Lipinski definition) is 2. The Hall–Kier alpha value is -2.27. The van der Waals surface area contributed by atoms with Crippen molar-refractivity contribution in [2.45, 2.75) is 12.8 Å². The van der Waals surface area contributed by atoms with Crippen LogP contribution >= 0.6 is 0 Å². The van der Waals surface area contributed by atoms with Gasteiger partial charge in [-0.3, -0.25) is 10.2 Å². The van der Waals surface area contributed by atoms with Crippen molar-refractivity contribution in [2.75, 3.05) is 0 Å². The number of nitrogens with zero attached hydrogens (tertiary/aromatic N) is 2. The third-order valence-electron chi connectivity index (χ3n) is 2.56. The van der Waals surface area contributed by atoms with E-state index < -0.39 is 0 Å². The van der Waals surface area contributed by atoms with E-state index in [9.17, 15) is 4.79 Å². The molecule has 2 aromatic rings. The van der Waals surface area contributed by atoms with Gasteiger partial charge in [0.25, 0.3) is 0 Å². The molecule has 0 aliphatic rings. The molecule has 0 unspecified atom stereocenters. The summed E-state index contributed by atoms with van der Waals surface area (Å²) in [7, 11) is 0. The van der Waals surface area contributed by atoms with E-state index in [2.05, 4.69) is 15.6 Å². The first-order valence-corrected chi connectivity index (χ1v) is 5.67. The lowest BCUT2D eigenvalue weighted by Crippen LogP contribution is -2.30. The van der Waals surface area contributed by atoms with Crippen LogP contribution < -0.4 is 11.3 Å². The summed E-state index contributed by atoms with van der Waals surface area (Å²) < 4.78 is 0. The van der Waals surface area contributed by atoms with Gasteiger partial charge in [0, 0.05) is 18.4 Å². The van der Waals surface area contributed by atoms with Crippen LogP contribution in [0.5, 0.6) is 0 Å². The number of hydrogen-bond acceptors (Lipinski definition) is 4. The van der Waals surface area contributed by atoms with Gasteiger partial charge in [-0.05, 0) is 12.1 Å². The molecule has 1 amide bonds. The van der Waals surface area contributed by atoms with Crippen molar-refractivity contribution >= 4 is 5.91 Å². The SMILES string of the molecule is NNC(=O)CCc1ccc(-c2ccccc2)nn1. The minimum Gasteiger partial charge on any atom is -0.294 e. The maximum absolute atomic E-state index is 11.0. The molecule has 0 radical (unpaired) electrons. The molecule has 1 aromatic carbocycles. The maximum Gasteiger partial charge on any atom is 0.234 e. The van der Waals surface area contributed by atoms with Crippen molar-refractivity contribution < 1.29 is 4.79 Å². The molecule has 2 rings (SSSR count). The predicted octanol–water partition coefficient (Wildman–Crippen LogP) is 1.07. The van der Waals surface area contributed by atoms with Crippen molar-refractivity contribution in [2.24, 2.45) is 5.84 Å². The van der Waals surface area contributed by atoms with Gasteiger partial charge in [0.05, 0.1) is 11.4 Å². The number of rotatable bonds is 4. The summed E-state index contributed by atoms with van der Waals surface area (Å²) in [5, 5.41) is 8.23. The standard InChI is InChI=1S/C13H14N4O/c14-15-13(18)9-7-11-6-8-12(17-16-11)10-4-2-1-3-5-10/h1-6,8H,7,9,14H2,(H,15,18). The van der Waals surface area contributed by atoms with E-state index in [1.54, 1.807) is 0 Å².